The fourth-order valence-electron chi connectivity index (χ4n) is 15.9. The number of nitrogen functional groups attached to an aromatic ring is 2. The fourth-order valence-corrected chi connectivity index (χ4v) is 22.3. The number of nitrogens with zero attached hydrogens (tertiary/aromatic N) is 8. The zero-order valence-corrected chi connectivity index (χ0v) is 85.3. The number of ether oxygens (including phenoxy) is 16. The number of aliphatic hydroxyl groups is 1. The first kappa shape index (κ1) is 114. The minimum Gasteiger partial charge on any atom is -0.387 e. The Bertz CT molecular complexity index is 6290. The number of hydrogen-bond donors (Lipinski definition) is 12. The van der Waals surface area contributed by atoms with Gasteiger partial charge >= 0.3 is 70.2 Å². The summed E-state index contributed by atoms with van der Waals surface area (Å²) in [5, 5.41) is 11.8. The van der Waals surface area contributed by atoms with Crippen LogP contribution in [0.25, 0.3) is 0 Å². The molecule has 6 aliphatic heterocycles. The number of phosphoric acid groups is 2. The molecule has 12 rings (SSSR count). The highest BCUT2D eigenvalue weighted by Gasteiger charge is 2.59. The van der Waals surface area contributed by atoms with Crippen LogP contribution in [0.4, 0.5) is 11.6 Å². The molecule has 11 N–H and O–H groups in total. The van der Waals surface area contributed by atoms with E-state index in [-0.39, 0.29) is 105 Å². The molecule has 0 amide bonds. The summed E-state index contributed by atoms with van der Waals surface area (Å²) in [4.78, 5) is 174. The third kappa shape index (κ3) is 28.2. The largest absolute Gasteiger partial charge is 0.472 e. The quantitative estimate of drug-likeness (QED) is 0.0133. The fraction of sp³-hybridized carbons (Fsp3) is 0.684. The van der Waals surface area contributed by atoms with Gasteiger partial charge in [-0.3, -0.25) is 112 Å². The average Bonchev–Trinajstić information content (AvgIpc) is 1.62. The van der Waals surface area contributed by atoms with Crippen molar-refractivity contribution >= 4 is 84.4 Å². The van der Waals surface area contributed by atoms with Crippen molar-refractivity contribution < 1.29 is 159 Å². The van der Waals surface area contributed by atoms with Crippen LogP contribution in [0.15, 0.2) is 85.1 Å². The van der Waals surface area contributed by atoms with E-state index in [2.05, 4.69) is 66.6 Å². The molecule has 12 heterocycles. The molecule has 6 saturated heterocycles. The maximum absolute atomic E-state index is 15.5. The summed E-state index contributed by atoms with van der Waals surface area (Å²) >= 11 is 12.9. The molecule has 28 atom stereocenters. The number of rotatable bonds is 52. The number of aliphatic hydroxyl groups excluding tert-OH is 1. The van der Waals surface area contributed by atoms with Crippen molar-refractivity contribution in [2.75, 3.05) is 146 Å². The van der Waals surface area contributed by atoms with E-state index in [0.29, 0.717) is 5.56 Å². The van der Waals surface area contributed by atoms with E-state index in [1.54, 1.807) is 13.8 Å². The number of methoxy groups -OCH3 is 5. The first-order valence-corrected chi connectivity index (χ1v) is 54.6. The van der Waals surface area contributed by atoms with E-state index >= 15 is 13.7 Å². The van der Waals surface area contributed by atoms with Gasteiger partial charge in [-0.2, -0.15) is 9.97 Å². The summed E-state index contributed by atoms with van der Waals surface area (Å²) in [6.45, 7) is -13.0. The normalized spacial score (nSPS) is 29.4. The summed E-state index contributed by atoms with van der Waals surface area (Å²) in [6.07, 6.45) is -32.2. The molecule has 58 nitrogen and oxygen atoms in total. The van der Waals surface area contributed by atoms with Crippen LogP contribution in [-0.2, 0) is 144 Å². The van der Waals surface area contributed by atoms with Gasteiger partial charge in [-0.05, 0) is 48.0 Å². The van der Waals surface area contributed by atoms with Gasteiger partial charge in [0.05, 0.1) is 111 Å². The molecule has 6 aliphatic rings. The van der Waals surface area contributed by atoms with Crippen LogP contribution in [0.5, 0.6) is 0 Å². The van der Waals surface area contributed by atoms with Crippen molar-refractivity contribution in [3.63, 3.8) is 0 Å². The Morgan fingerprint density at radius 2 is 0.627 bits per heavy atom. The van der Waals surface area contributed by atoms with E-state index in [1.807, 2.05) is 0 Å². The van der Waals surface area contributed by atoms with Gasteiger partial charge in [0.1, 0.15) is 109 Å². The lowest BCUT2D eigenvalue weighted by atomic mass is 10.1. The summed E-state index contributed by atoms with van der Waals surface area (Å²) in [7, 11) is -5.36. The van der Waals surface area contributed by atoms with Crippen LogP contribution in [-0.4, -0.2) is 311 Å². The number of nitrogens with two attached hydrogens (primary N) is 2. The van der Waals surface area contributed by atoms with Gasteiger partial charge in [-0.15, -0.1) is 0 Å². The number of nitrogens with one attached hydrogen (secondary N) is 4. The molecule has 66 heteroatoms. The van der Waals surface area contributed by atoms with Gasteiger partial charge in [0, 0.05) is 113 Å². The van der Waals surface area contributed by atoms with Gasteiger partial charge in [0.25, 0.3) is 22.2 Å². The molecule has 0 bridgehead atoms. The zero-order valence-electron chi connectivity index (χ0n) is 78.2. The van der Waals surface area contributed by atoms with E-state index in [9.17, 15) is 72.0 Å². The van der Waals surface area contributed by atoms with Gasteiger partial charge in [-0.1, -0.05) is 43.7 Å². The number of aromatic nitrogens is 12. The summed E-state index contributed by atoms with van der Waals surface area (Å²) in [5.41, 5.74) is 2.86. The highest BCUT2D eigenvalue weighted by Crippen LogP contribution is 2.62. The van der Waals surface area contributed by atoms with Crippen molar-refractivity contribution in [2.24, 2.45) is 0 Å². The second kappa shape index (κ2) is 49.5. The molecule has 794 valence electrons. The molecule has 6 fully saturated rings. The van der Waals surface area contributed by atoms with Gasteiger partial charge in [-0.25, -0.2) is 51.6 Å². The van der Waals surface area contributed by atoms with Crippen molar-refractivity contribution in [3.8, 4) is 0 Å². The number of hydrogen-bond acceptors (Lipinski definition) is 46. The predicted molar refractivity (Wildman–Crippen MR) is 496 cm³/mol. The number of thiol groups is 3. The highest BCUT2D eigenvalue weighted by atomic mass is 32.7. The van der Waals surface area contributed by atoms with Gasteiger partial charge in [0.2, 0.25) is 0 Å². The molecule has 11 unspecified atom stereocenters. The van der Waals surface area contributed by atoms with E-state index in [0.717, 1.165) is 46.0 Å². The highest BCUT2D eigenvalue weighted by molar-refractivity contribution is 8.45. The zero-order chi connectivity index (χ0) is 104. The Balaban J connectivity index is 0.844. The van der Waals surface area contributed by atoms with Gasteiger partial charge in [0.15, 0.2) is 31.1 Å². The molecule has 6 aromatic heterocycles. The summed E-state index contributed by atoms with van der Waals surface area (Å²) in [5.74, 6) is -0.315. The lowest BCUT2D eigenvalue weighted by Gasteiger charge is -2.29. The lowest BCUT2D eigenvalue weighted by Crippen LogP contribution is -2.42. The second-order valence-electron chi connectivity index (χ2n) is 32.9. The molecule has 0 aromatic carbocycles. The Labute approximate surface area is 819 Å². The molecule has 142 heavy (non-hydrogen) atoms. The van der Waals surface area contributed by atoms with Crippen molar-refractivity contribution in [1.29, 1.82) is 0 Å². The Morgan fingerprint density at radius 1 is 0.359 bits per heavy atom. The maximum Gasteiger partial charge on any atom is 0.472 e. The van der Waals surface area contributed by atoms with E-state index < -0.39 is 280 Å². The molecular weight excluding hydrogens is 2060 g/mol. The minimum absolute atomic E-state index is 0.0130. The number of aromatic amines is 4. The van der Waals surface area contributed by atoms with E-state index in [4.69, 9.17) is 132 Å². The van der Waals surface area contributed by atoms with Crippen LogP contribution in [0.3, 0.4) is 0 Å². The molecule has 6 aromatic rings. The topological polar surface area (TPSA) is 727 Å². The number of anilines is 2. The summed E-state index contributed by atoms with van der Waals surface area (Å²) in [6, 6.07) is 0. The van der Waals surface area contributed by atoms with Crippen LogP contribution in [0.2, 0.25) is 0 Å². The number of phosphoric ester groups is 2. The molecule has 0 radical (unpaired) electrons. The van der Waals surface area contributed by atoms with Crippen molar-refractivity contribution in [1.82, 2.24) is 57.3 Å². The van der Waals surface area contributed by atoms with Crippen LogP contribution in [0.1, 0.15) is 90.5 Å². The smallest absolute Gasteiger partial charge is 0.387 e. The van der Waals surface area contributed by atoms with E-state index in [1.165, 1.54) is 88.8 Å². The maximum atomic E-state index is 15.5. The van der Waals surface area contributed by atoms with Crippen molar-refractivity contribution in [2.45, 2.75) is 202 Å². The van der Waals surface area contributed by atoms with Crippen LogP contribution in [0, 0.1) is 41.5 Å². The van der Waals surface area contributed by atoms with Crippen molar-refractivity contribution in [3.05, 3.63) is 175 Å². The Hall–Kier alpha value is -6.88. The third-order valence-corrected chi connectivity index (χ3v) is 29.8. The van der Waals surface area contributed by atoms with Crippen LogP contribution < -0.4 is 67.8 Å². The summed E-state index contributed by atoms with van der Waals surface area (Å²) < 4.78 is 235. The van der Waals surface area contributed by atoms with Crippen LogP contribution >= 0.6 is 72.8 Å². The first-order valence-electron chi connectivity index (χ1n) is 43.5. The first-order chi connectivity index (χ1) is 67.1. The average molecular weight is 2180 g/mol. The lowest BCUT2D eigenvalue weighted by molar-refractivity contribution is -0.0853. The number of H-pyrrole nitrogens is 4. The SMILES string of the molecule is CC[C@H]1O[C@@H](n2cc(C)c(=O)[nH]c2=O)CC1OP(=O)(S)OC[C@H]1O[C@@H](n2cc(C)c(N)nc2=O)[C@@H](OCCOC)C1OP(=O)(O)OC[C@H]1O[C@@H](n2cc(C)c(=O)[nH]c2=O)[C@@H](OCCOC)C1OP(=O)(O)OC[C@H]1O[C@@H](n2cc(C)c(=O)[nH]c2=O)[C@@H](OCCOC)C1OP(=O)(S)OC[C@H]1O[C@@H](n2cc(C)c(=O)[nH]c2=O)[C@@H](OCCOC)C1OP(=O)(S)OC[C@H]1O[C@@H](n2cc(C)c(N)nc2=O)[C@@H](OCCOC)C1O. The molecule has 0 spiro atoms. The Morgan fingerprint density at radius 3 is 0.958 bits per heavy atom. The Kier molecular flexibility index (Phi) is 39.7. The molecular formula is C76H113N14O44P5S3. The van der Waals surface area contributed by atoms with Gasteiger partial charge < -0.3 is 102 Å². The standard InChI is InChI=1S/C76H113N14O44P5S3/c1-13-42-43(24-49(124-42)85-27-38(4)62(92)81-73(85)98)130-137(106,140)122-34-47-52(57(116-21-16-111-10)67(128-47)87-26-37(3)61(78)80-72(87)97)132-135(102,103)119-32-45-51(56(115-20-15-110-9)68(126-45)88-28-39(5)63(93)82-74(88)99)131-136(104,105)120-33-46-53(58(117-22-17-112-11)69(127-46)89-29-40(6)64(94)83-75(89)100)133-139(108,142)123-35-48-54(59(118-23-18-113-12)70(129-48)90-30-41(7)65(95)84-76(90)101)134-138(107,141)121-31-44-50(91)55(114-19-14-109-8)66(125-44)86-25-36(2)60(77)79-71(86)96/h25-30,42-59,66-70,91H,13-24,31-35H2,1-12H3,(H,102,103)(H,104,105)(H,106,140)(H,107,141)(H,108,142)(H2,77,79,96)(H2,78,80,97)(H,81,92,98)(H,82,93,99)(H,83,94,100)(H,84,95,101)/t42-,43?,44-,45-,46-,47-,48-,49-,50?,51?,52?,53?,54?,55+,56+,57+,58+,59+,66-,67-,68-,69-,70-,137?,138?,139?/m1/s1. The second-order valence-corrected chi connectivity index (χ2v) is 44.3. The molecule has 0 aliphatic carbocycles. The predicted octanol–water partition coefficient (Wildman–Crippen LogP) is -0.257. The molecule has 0 saturated carbocycles. The third-order valence-electron chi connectivity index (χ3n) is 22.9. The number of aryl methyl sites for hydroxylation is 6. The monoisotopic (exact) mass is 2180 g/mol. The minimum atomic E-state index is -6.01.